The topological polar surface area (TPSA) is 117 Å². The number of carbonyl (C=O) groups excluding carboxylic acids is 3. The van der Waals surface area contributed by atoms with Crippen molar-refractivity contribution in [2.24, 2.45) is 0 Å². The van der Waals surface area contributed by atoms with E-state index in [4.69, 9.17) is 9.47 Å². The molecule has 0 fully saturated rings. The summed E-state index contributed by atoms with van der Waals surface area (Å²) >= 11 is 0. The third-order valence-corrected chi connectivity index (χ3v) is 3.51. The van der Waals surface area contributed by atoms with Crippen LogP contribution in [0.1, 0.15) is 54.0 Å². The van der Waals surface area contributed by atoms with E-state index in [1.807, 2.05) is 20.8 Å². The Labute approximate surface area is 172 Å². The molecule has 0 saturated carbocycles. The van der Waals surface area contributed by atoms with Gasteiger partial charge in [-0.3, -0.25) is 4.79 Å². The fourth-order valence-electron chi connectivity index (χ4n) is 2.31. The van der Waals surface area contributed by atoms with Gasteiger partial charge in [-0.2, -0.15) is 0 Å². The summed E-state index contributed by atoms with van der Waals surface area (Å²) in [5.74, 6) is -1.39. The summed E-state index contributed by atoms with van der Waals surface area (Å²) in [4.78, 5) is 35.6. The maximum absolute atomic E-state index is 12.5. The third kappa shape index (κ3) is 9.82. The number of hydrogen-bond acceptors (Lipinski definition) is 6. The zero-order valence-electron chi connectivity index (χ0n) is 18.1. The standard InChI is InChI=1S/C21H32N2O6/c1-13(18(25)26)22-17(24)16(23-19(27)29-21(5,6)7)12-14-8-10-15(11-9-14)28-20(2,3)4/h8-11,13,16H,12H2,1-7H3,(H,22,24)(H,23,27)(H,25,26)/p-1/t13-,16-/m1/s1. The van der Waals surface area contributed by atoms with Gasteiger partial charge in [0.1, 0.15) is 23.0 Å². The van der Waals surface area contributed by atoms with Gasteiger partial charge < -0.3 is 30.0 Å². The van der Waals surface area contributed by atoms with E-state index in [2.05, 4.69) is 10.6 Å². The van der Waals surface area contributed by atoms with Gasteiger partial charge >= 0.3 is 6.09 Å². The first kappa shape index (κ1) is 24.3. The van der Waals surface area contributed by atoms with Gasteiger partial charge in [-0.15, -0.1) is 0 Å². The molecule has 0 saturated heterocycles. The highest BCUT2D eigenvalue weighted by molar-refractivity contribution is 5.89. The molecule has 0 unspecified atom stereocenters. The third-order valence-electron chi connectivity index (χ3n) is 3.51. The highest BCUT2D eigenvalue weighted by Gasteiger charge is 2.26. The van der Waals surface area contributed by atoms with Crippen LogP contribution in [0.2, 0.25) is 0 Å². The molecule has 0 aliphatic rings. The van der Waals surface area contributed by atoms with E-state index in [9.17, 15) is 19.5 Å². The SMILES string of the molecule is C[C@@H](NC(=O)[C@@H](Cc1ccc(OC(C)(C)C)cc1)NC(=O)OC(C)(C)C)C(=O)[O-]. The largest absolute Gasteiger partial charge is 0.548 e. The van der Waals surface area contributed by atoms with Crippen LogP contribution < -0.4 is 20.5 Å². The number of benzene rings is 1. The van der Waals surface area contributed by atoms with Gasteiger partial charge in [0.2, 0.25) is 5.91 Å². The Balaban J connectivity index is 2.93. The average Bonchev–Trinajstić information content (AvgIpc) is 2.52. The van der Waals surface area contributed by atoms with Crippen molar-refractivity contribution in [1.29, 1.82) is 0 Å². The zero-order valence-corrected chi connectivity index (χ0v) is 18.1. The number of carbonyl (C=O) groups is 3. The van der Waals surface area contributed by atoms with Crippen LogP contribution in [0.4, 0.5) is 4.79 Å². The molecule has 0 aromatic heterocycles. The lowest BCUT2D eigenvalue weighted by Crippen LogP contribution is -2.54. The van der Waals surface area contributed by atoms with Gasteiger partial charge in [-0.05, 0) is 66.2 Å². The minimum Gasteiger partial charge on any atom is -0.548 e. The molecular weight excluding hydrogens is 376 g/mol. The first-order valence-corrected chi connectivity index (χ1v) is 9.45. The van der Waals surface area contributed by atoms with Crippen LogP contribution in [0.3, 0.4) is 0 Å². The highest BCUT2D eigenvalue weighted by Crippen LogP contribution is 2.19. The Morgan fingerprint density at radius 3 is 1.97 bits per heavy atom. The molecule has 2 amide bonds. The molecule has 0 aliphatic carbocycles. The molecule has 0 bridgehead atoms. The number of nitrogens with one attached hydrogen (secondary N) is 2. The molecule has 0 radical (unpaired) electrons. The van der Waals surface area contributed by atoms with Crippen LogP contribution in [0.5, 0.6) is 5.75 Å². The Morgan fingerprint density at radius 1 is 0.966 bits per heavy atom. The number of carboxylic acid groups (broad SMARTS) is 1. The molecule has 2 N–H and O–H groups in total. The first-order valence-electron chi connectivity index (χ1n) is 9.45. The van der Waals surface area contributed by atoms with E-state index in [-0.39, 0.29) is 12.0 Å². The number of amides is 2. The molecule has 2 atom stereocenters. The Kier molecular flexibility index (Phi) is 8.05. The van der Waals surface area contributed by atoms with Crippen molar-refractivity contribution in [3.63, 3.8) is 0 Å². The lowest BCUT2D eigenvalue weighted by Gasteiger charge is -2.25. The number of aliphatic carboxylic acids is 1. The molecule has 1 aromatic rings. The van der Waals surface area contributed by atoms with Crippen molar-refractivity contribution in [2.75, 3.05) is 0 Å². The second-order valence-corrected chi connectivity index (χ2v) is 8.81. The summed E-state index contributed by atoms with van der Waals surface area (Å²) < 4.78 is 11.0. The number of hydrogen-bond donors (Lipinski definition) is 2. The lowest BCUT2D eigenvalue weighted by atomic mass is 10.0. The predicted molar refractivity (Wildman–Crippen MR) is 106 cm³/mol. The second kappa shape index (κ2) is 9.62. The molecule has 8 nitrogen and oxygen atoms in total. The van der Waals surface area contributed by atoms with Gasteiger partial charge in [-0.25, -0.2) is 4.79 Å². The number of alkyl carbamates (subject to hydrolysis) is 1. The van der Waals surface area contributed by atoms with E-state index in [1.165, 1.54) is 6.92 Å². The fraction of sp³-hybridized carbons (Fsp3) is 0.571. The van der Waals surface area contributed by atoms with Crippen LogP contribution in [0.15, 0.2) is 24.3 Å². The van der Waals surface area contributed by atoms with Gasteiger partial charge in [0, 0.05) is 6.42 Å². The minimum absolute atomic E-state index is 0.140. The molecule has 0 spiro atoms. The summed E-state index contributed by atoms with van der Waals surface area (Å²) in [5.41, 5.74) is -0.331. The predicted octanol–water partition coefficient (Wildman–Crippen LogP) is 1.55. The second-order valence-electron chi connectivity index (χ2n) is 8.81. The van der Waals surface area contributed by atoms with Crippen LogP contribution in [0, 0.1) is 0 Å². The summed E-state index contributed by atoms with van der Waals surface area (Å²) in [5, 5.41) is 15.7. The summed E-state index contributed by atoms with van der Waals surface area (Å²) in [7, 11) is 0. The smallest absolute Gasteiger partial charge is 0.408 e. The molecular formula is C21H31N2O6-. The fourth-order valence-corrected chi connectivity index (χ4v) is 2.31. The Hall–Kier alpha value is -2.77. The van der Waals surface area contributed by atoms with Crippen LogP contribution in [0.25, 0.3) is 0 Å². The Bertz CT molecular complexity index is 716. The normalized spacial score (nSPS) is 13.8. The van der Waals surface area contributed by atoms with Crippen molar-refractivity contribution >= 4 is 18.0 Å². The van der Waals surface area contributed by atoms with Crippen molar-refractivity contribution in [3.05, 3.63) is 29.8 Å². The van der Waals surface area contributed by atoms with Crippen molar-refractivity contribution in [3.8, 4) is 5.75 Å². The minimum atomic E-state index is -1.42. The van der Waals surface area contributed by atoms with Gasteiger partial charge in [0.05, 0.1) is 12.0 Å². The molecule has 0 aliphatic heterocycles. The number of carboxylic acids is 1. The molecule has 8 heteroatoms. The summed E-state index contributed by atoms with van der Waals surface area (Å²) in [6, 6.07) is 4.87. The first-order chi connectivity index (χ1) is 13.2. The summed E-state index contributed by atoms with van der Waals surface area (Å²) in [6.45, 7) is 12.2. The molecule has 1 rings (SSSR count). The number of ether oxygens (including phenoxy) is 2. The summed E-state index contributed by atoms with van der Waals surface area (Å²) in [6.07, 6.45) is -0.632. The van der Waals surface area contributed by atoms with Crippen molar-refractivity contribution < 1.29 is 29.0 Å². The van der Waals surface area contributed by atoms with Gasteiger partial charge in [-0.1, -0.05) is 12.1 Å². The molecule has 29 heavy (non-hydrogen) atoms. The van der Waals surface area contributed by atoms with Crippen LogP contribution in [-0.4, -0.2) is 41.3 Å². The quantitative estimate of drug-likeness (QED) is 0.708. The zero-order chi connectivity index (χ0) is 22.4. The highest BCUT2D eigenvalue weighted by atomic mass is 16.6. The van der Waals surface area contributed by atoms with Gasteiger partial charge in [0.25, 0.3) is 0 Å². The monoisotopic (exact) mass is 407 g/mol. The van der Waals surface area contributed by atoms with E-state index in [0.717, 1.165) is 5.56 Å². The maximum atomic E-state index is 12.5. The molecule has 0 heterocycles. The van der Waals surface area contributed by atoms with Crippen LogP contribution in [-0.2, 0) is 20.7 Å². The van der Waals surface area contributed by atoms with Gasteiger partial charge in [0.15, 0.2) is 0 Å². The maximum Gasteiger partial charge on any atom is 0.408 e. The van der Waals surface area contributed by atoms with Crippen LogP contribution >= 0.6 is 0 Å². The van der Waals surface area contributed by atoms with E-state index < -0.39 is 35.7 Å². The number of rotatable bonds is 7. The molecule has 1 aromatic carbocycles. The van der Waals surface area contributed by atoms with E-state index in [0.29, 0.717) is 5.75 Å². The molecule has 162 valence electrons. The lowest BCUT2D eigenvalue weighted by molar-refractivity contribution is -0.307. The van der Waals surface area contributed by atoms with Crippen molar-refractivity contribution in [1.82, 2.24) is 10.6 Å². The van der Waals surface area contributed by atoms with Crippen molar-refractivity contribution in [2.45, 2.75) is 78.2 Å². The van der Waals surface area contributed by atoms with E-state index >= 15 is 0 Å². The average molecular weight is 407 g/mol. The Morgan fingerprint density at radius 2 is 1.52 bits per heavy atom. The van der Waals surface area contributed by atoms with E-state index in [1.54, 1.807) is 45.0 Å².